The molecule has 120 valence electrons. The van der Waals surface area contributed by atoms with Crippen LogP contribution in [0.25, 0.3) is 11.3 Å². The number of aromatic nitrogens is 2. The fourth-order valence-electron chi connectivity index (χ4n) is 2.45. The van der Waals surface area contributed by atoms with Crippen molar-refractivity contribution in [3.8, 4) is 11.3 Å². The summed E-state index contributed by atoms with van der Waals surface area (Å²) in [5.74, 6) is 0.481. The van der Waals surface area contributed by atoms with Gasteiger partial charge in [0, 0.05) is 35.3 Å². The molecule has 2 heterocycles. The van der Waals surface area contributed by atoms with E-state index >= 15 is 0 Å². The molecule has 8 heteroatoms. The van der Waals surface area contributed by atoms with Crippen LogP contribution in [-0.2, 0) is 11.2 Å². The molecule has 1 aliphatic rings. The molecule has 1 aromatic carbocycles. The predicted octanol–water partition coefficient (Wildman–Crippen LogP) is 3.25. The highest BCUT2D eigenvalue weighted by atomic mass is 35.5. The van der Waals surface area contributed by atoms with E-state index < -0.39 is 0 Å². The van der Waals surface area contributed by atoms with E-state index in [1.165, 1.54) is 11.8 Å². The van der Waals surface area contributed by atoms with Gasteiger partial charge in [-0.05, 0) is 24.6 Å². The molecule has 1 amide bonds. The second-order valence-corrected chi connectivity index (χ2v) is 7.08. The molecule has 1 atom stereocenters. The van der Waals surface area contributed by atoms with Gasteiger partial charge in [-0.2, -0.15) is 0 Å². The molecule has 23 heavy (non-hydrogen) atoms. The average molecular weight is 369 g/mol. The van der Waals surface area contributed by atoms with Crippen molar-refractivity contribution in [2.45, 2.75) is 16.7 Å². The maximum Gasteiger partial charge on any atom is 0.233 e. The van der Waals surface area contributed by atoms with E-state index in [4.69, 9.17) is 23.2 Å². The van der Waals surface area contributed by atoms with E-state index in [0.29, 0.717) is 22.4 Å². The van der Waals surface area contributed by atoms with Crippen LogP contribution in [0, 0.1) is 0 Å². The third-order valence-electron chi connectivity index (χ3n) is 3.51. The third-order valence-corrected chi connectivity index (χ3v) is 5.17. The van der Waals surface area contributed by atoms with Crippen LogP contribution in [0.2, 0.25) is 10.0 Å². The highest BCUT2D eigenvalue weighted by Gasteiger charge is 2.32. The quantitative estimate of drug-likeness (QED) is 0.813. The number of hydrogen-bond acceptors (Lipinski definition) is 5. The lowest BCUT2D eigenvalue weighted by Crippen LogP contribution is -2.29. The predicted molar refractivity (Wildman–Crippen MR) is 94.5 cm³/mol. The minimum atomic E-state index is -0.204. The zero-order chi connectivity index (χ0) is 16.6. The van der Waals surface area contributed by atoms with Gasteiger partial charge in [0.2, 0.25) is 11.9 Å². The highest BCUT2D eigenvalue weighted by molar-refractivity contribution is 8.00. The van der Waals surface area contributed by atoms with E-state index in [1.54, 1.807) is 20.2 Å². The lowest BCUT2D eigenvalue weighted by molar-refractivity contribution is -0.120. The van der Waals surface area contributed by atoms with Crippen LogP contribution >= 0.6 is 35.0 Å². The molecule has 3 rings (SSSR count). The monoisotopic (exact) mass is 368 g/mol. The Morgan fingerprint density at radius 2 is 1.91 bits per heavy atom. The summed E-state index contributed by atoms with van der Waals surface area (Å²) in [6.45, 7) is 0. The van der Waals surface area contributed by atoms with Crippen molar-refractivity contribution in [2.75, 3.05) is 19.4 Å². The topological polar surface area (TPSA) is 66.9 Å². The van der Waals surface area contributed by atoms with E-state index in [-0.39, 0.29) is 11.2 Å². The average Bonchev–Trinajstić information content (AvgIpc) is 2.96. The van der Waals surface area contributed by atoms with Gasteiger partial charge < -0.3 is 10.6 Å². The number of hydrogen-bond donors (Lipinski definition) is 2. The van der Waals surface area contributed by atoms with Crippen LogP contribution in [0.3, 0.4) is 0 Å². The third kappa shape index (κ3) is 3.24. The van der Waals surface area contributed by atoms with Crippen LogP contribution in [-0.4, -0.2) is 35.2 Å². The summed E-state index contributed by atoms with van der Waals surface area (Å²) in [6.07, 6.45) is 0.573. The van der Waals surface area contributed by atoms with Crippen LogP contribution in [0.5, 0.6) is 0 Å². The van der Waals surface area contributed by atoms with Crippen molar-refractivity contribution in [1.82, 2.24) is 15.3 Å². The van der Waals surface area contributed by atoms with Crippen LogP contribution < -0.4 is 10.6 Å². The summed E-state index contributed by atoms with van der Waals surface area (Å²) in [5, 5.41) is 7.32. The molecular weight excluding hydrogens is 355 g/mol. The zero-order valence-corrected chi connectivity index (χ0v) is 14.8. The van der Waals surface area contributed by atoms with Gasteiger partial charge in [0.1, 0.15) is 5.03 Å². The smallest absolute Gasteiger partial charge is 0.233 e. The lowest BCUT2D eigenvalue weighted by Gasteiger charge is -2.10. The maximum absolute atomic E-state index is 12.0. The number of rotatable bonds is 3. The number of carbonyl (C=O) groups is 1. The Morgan fingerprint density at radius 1 is 1.22 bits per heavy atom. The second-order valence-electron chi connectivity index (χ2n) is 5.01. The number of fused-ring (bicyclic) bond motifs is 1. The number of amides is 1. The Balaban J connectivity index is 2.12. The van der Waals surface area contributed by atoms with Crippen molar-refractivity contribution >= 4 is 46.8 Å². The molecule has 0 saturated heterocycles. The number of benzene rings is 1. The first-order valence-corrected chi connectivity index (χ1v) is 8.58. The largest absolute Gasteiger partial charge is 0.358 e. The molecule has 1 aliphatic heterocycles. The minimum absolute atomic E-state index is 0.0194. The van der Waals surface area contributed by atoms with Crippen molar-refractivity contribution in [1.29, 1.82) is 0 Å². The van der Waals surface area contributed by atoms with E-state index in [1.807, 2.05) is 12.1 Å². The van der Waals surface area contributed by atoms with E-state index in [2.05, 4.69) is 20.6 Å². The first-order chi connectivity index (χ1) is 11.0. The second kappa shape index (κ2) is 6.55. The van der Waals surface area contributed by atoms with Gasteiger partial charge in [-0.15, -0.1) is 0 Å². The minimum Gasteiger partial charge on any atom is -0.358 e. The van der Waals surface area contributed by atoms with Crippen LogP contribution in [0.4, 0.5) is 5.95 Å². The fourth-order valence-corrected chi connectivity index (χ4v) is 4.19. The molecule has 1 unspecified atom stereocenters. The first kappa shape index (κ1) is 16.4. The Kier molecular flexibility index (Phi) is 4.66. The van der Waals surface area contributed by atoms with Crippen LogP contribution in [0.15, 0.2) is 23.2 Å². The van der Waals surface area contributed by atoms with Gasteiger partial charge in [0.15, 0.2) is 0 Å². The van der Waals surface area contributed by atoms with Gasteiger partial charge >= 0.3 is 0 Å². The molecule has 1 aromatic heterocycles. The van der Waals surface area contributed by atoms with E-state index in [0.717, 1.165) is 21.8 Å². The molecule has 0 radical (unpaired) electrons. The fraction of sp³-hybridized carbons (Fsp3) is 0.267. The molecule has 0 fully saturated rings. The summed E-state index contributed by atoms with van der Waals surface area (Å²) in [7, 11) is 3.39. The summed E-state index contributed by atoms with van der Waals surface area (Å²) >= 11 is 13.7. The molecule has 0 aliphatic carbocycles. The normalized spacial score (nSPS) is 16.1. The Labute approximate surface area is 148 Å². The van der Waals surface area contributed by atoms with Crippen molar-refractivity contribution < 1.29 is 4.79 Å². The van der Waals surface area contributed by atoms with Crippen molar-refractivity contribution in [3.63, 3.8) is 0 Å². The summed E-state index contributed by atoms with van der Waals surface area (Å²) < 4.78 is 0. The van der Waals surface area contributed by atoms with Gasteiger partial charge in [0.25, 0.3) is 0 Å². The lowest BCUT2D eigenvalue weighted by atomic mass is 10.0. The van der Waals surface area contributed by atoms with Crippen molar-refractivity contribution in [2.24, 2.45) is 0 Å². The Bertz CT molecular complexity index is 764. The van der Waals surface area contributed by atoms with E-state index in [9.17, 15) is 4.79 Å². The number of thioether (sulfide) groups is 1. The standard InChI is InChI=1S/C15H14Cl2N4OS/c1-18-13(22)11-6-10-12(7-3-8(16)5-9(17)4-7)20-15(19-2)21-14(10)23-11/h3-5,11H,6H2,1-2H3,(H,18,22)(H,19,20,21). The SMILES string of the molecule is CNC(=O)C1Cc2c(nc(NC)nc2-c2cc(Cl)cc(Cl)c2)S1. The molecule has 5 nitrogen and oxygen atoms in total. The summed E-state index contributed by atoms with van der Waals surface area (Å²) in [4.78, 5) is 21.0. The van der Waals surface area contributed by atoms with Gasteiger partial charge in [-0.1, -0.05) is 35.0 Å². The first-order valence-electron chi connectivity index (χ1n) is 6.95. The highest BCUT2D eigenvalue weighted by Crippen LogP contribution is 2.41. The summed E-state index contributed by atoms with van der Waals surface area (Å²) in [5.41, 5.74) is 2.51. The molecule has 0 saturated carbocycles. The molecule has 0 bridgehead atoms. The number of carbonyl (C=O) groups excluding carboxylic acids is 1. The Hall–Kier alpha value is -1.50. The molecule has 2 aromatic rings. The molecular formula is C15H14Cl2N4OS. The van der Waals surface area contributed by atoms with Crippen molar-refractivity contribution in [3.05, 3.63) is 33.8 Å². The molecule has 2 N–H and O–H groups in total. The molecule has 0 spiro atoms. The van der Waals surface area contributed by atoms with Crippen LogP contribution in [0.1, 0.15) is 5.56 Å². The number of anilines is 1. The number of nitrogens with one attached hydrogen (secondary N) is 2. The number of nitrogens with zero attached hydrogens (tertiary/aromatic N) is 2. The zero-order valence-electron chi connectivity index (χ0n) is 12.5. The van der Waals surface area contributed by atoms with Gasteiger partial charge in [0.05, 0.1) is 10.9 Å². The van der Waals surface area contributed by atoms with Gasteiger partial charge in [-0.25, -0.2) is 9.97 Å². The van der Waals surface area contributed by atoms with Gasteiger partial charge in [-0.3, -0.25) is 4.79 Å². The Morgan fingerprint density at radius 3 is 2.52 bits per heavy atom. The summed E-state index contributed by atoms with van der Waals surface area (Å²) in [6, 6.07) is 5.30. The maximum atomic E-state index is 12.0. The number of halogens is 2.